The normalized spacial score (nSPS) is 11.5. The minimum atomic E-state index is 0.585. The van der Waals surface area contributed by atoms with Gasteiger partial charge >= 0.3 is 0 Å². The monoisotopic (exact) mass is 792 g/mol. The highest BCUT2D eigenvalue weighted by Gasteiger charge is 2.18. The molecule has 0 fully saturated rings. The average Bonchev–Trinajstić information content (AvgIpc) is 3.89. The lowest BCUT2D eigenvalue weighted by atomic mass is 9.93. The smallest absolute Gasteiger partial charge is 0.164 e. The van der Waals surface area contributed by atoms with Crippen LogP contribution in [0.15, 0.2) is 223 Å². The molecule has 0 radical (unpaired) electrons. The minimum Gasteiger partial charge on any atom is -0.456 e. The quantitative estimate of drug-likeness (QED) is 0.161. The van der Waals surface area contributed by atoms with Gasteiger partial charge in [0.2, 0.25) is 0 Å². The third kappa shape index (κ3) is 6.14. The van der Waals surface area contributed by atoms with Crippen molar-refractivity contribution < 1.29 is 4.42 Å². The third-order valence-electron chi connectivity index (χ3n) is 11.9. The lowest BCUT2D eigenvalue weighted by molar-refractivity contribution is 0.669. The van der Waals surface area contributed by atoms with Crippen LogP contribution in [0.1, 0.15) is 0 Å². The van der Waals surface area contributed by atoms with Crippen molar-refractivity contribution in [2.45, 2.75) is 0 Å². The van der Waals surface area contributed by atoms with E-state index in [1.165, 1.54) is 32.9 Å². The van der Waals surface area contributed by atoms with Gasteiger partial charge in [-0.1, -0.05) is 164 Å². The first-order chi connectivity index (χ1) is 30.7. The topological polar surface area (TPSA) is 56.7 Å². The summed E-state index contributed by atoms with van der Waals surface area (Å²) < 4.78 is 8.92. The van der Waals surface area contributed by atoms with Gasteiger partial charge in [0.15, 0.2) is 17.5 Å². The van der Waals surface area contributed by atoms with Gasteiger partial charge in [0.25, 0.3) is 0 Å². The Bertz CT molecular complexity index is 3610. The van der Waals surface area contributed by atoms with Crippen LogP contribution in [0.2, 0.25) is 0 Å². The molecule has 0 aliphatic rings. The van der Waals surface area contributed by atoms with Crippen molar-refractivity contribution in [3.63, 3.8) is 0 Å². The fourth-order valence-corrected chi connectivity index (χ4v) is 8.86. The second-order valence-corrected chi connectivity index (χ2v) is 15.6. The van der Waals surface area contributed by atoms with Crippen LogP contribution in [-0.2, 0) is 0 Å². The van der Waals surface area contributed by atoms with E-state index in [2.05, 4.69) is 187 Å². The molecule has 3 aromatic heterocycles. The average molecular weight is 793 g/mol. The Morgan fingerprint density at radius 3 is 1.48 bits per heavy atom. The SMILES string of the molecule is c1ccc(-c2ccc(-c3nc(-c4ccccc4)nc(-c4ccc5c(c4)oc4ccc(-c6ccccc6-c6ccc7c(c6)c6ccccc6n7-c6ccccc6)cc45)n3)cc2)cc1. The van der Waals surface area contributed by atoms with Gasteiger partial charge in [0.1, 0.15) is 11.2 Å². The van der Waals surface area contributed by atoms with Crippen LogP contribution in [-0.4, -0.2) is 19.5 Å². The van der Waals surface area contributed by atoms with Crippen molar-refractivity contribution >= 4 is 43.7 Å². The van der Waals surface area contributed by atoms with Gasteiger partial charge in [-0.15, -0.1) is 0 Å². The van der Waals surface area contributed by atoms with E-state index in [0.29, 0.717) is 17.5 Å². The summed E-state index contributed by atoms with van der Waals surface area (Å²) in [5, 5.41) is 4.55. The van der Waals surface area contributed by atoms with E-state index in [1.54, 1.807) is 0 Å². The molecule has 0 bridgehead atoms. The van der Waals surface area contributed by atoms with E-state index >= 15 is 0 Å². The summed E-state index contributed by atoms with van der Waals surface area (Å²) in [6, 6.07) is 76.4. The maximum atomic E-state index is 6.56. The third-order valence-corrected chi connectivity index (χ3v) is 11.9. The van der Waals surface area contributed by atoms with Crippen LogP contribution in [0.4, 0.5) is 0 Å². The van der Waals surface area contributed by atoms with Crippen molar-refractivity contribution in [2.75, 3.05) is 0 Å². The number of benzene rings is 9. The molecule has 12 rings (SSSR count). The van der Waals surface area contributed by atoms with Gasteiger partial charge in [-0.3, -0.25) is 0 Å². The van der Waals surface area contributed by atoms with E-state index < -0.39 is 0 Å². The standard InChI is InChI=1S/C57H36N4O/c1-4-14-37(15-5-1)38-24-26-40(27-25-38)56-58-55(39-16-6-2-7-17-39)59-57(60-56)43-28-31-48-50-35-42(30-33-53(50)62-54(48)36-43)46-21-11-10-20-45(46)41-29-32-52-49(34-41)47-22-12-13-23-51(47)61(52)44-18-8-3-9-19-44/h1-36H. The van der Waals surface area contributed by atoms with Crippen molar-refractivity contribution in [1.82, 2.24) is 19.5 Å². The first kappa shape index (κ1) is 35.5. The maximum absolute atomic E-state index is 6.56. The molecule has 0 saturated carbocycles. The highest BCUT2D eigenvalue weighted by atomic mass is 16.3. The highest BCUT2D eigenvalue weighted by Crippen LogP contribution is 2.40. The number of hydrogen-bond donors (Lipinski definition) is 0. The fourth-order valence-electron chi connectivity index (χ4n) is 8.86. The number of aromatic nitrogens is 4. The van der Waals surface area contributed by atoms with Gasteiger partial charge in [0, 0.05) is 43.9 Å². The van der Waals surface area contributed by atoms with Crippen LogP contribution in [0.25, 0.3) is 117 Å². The molecule has 0 unspecified atom stereocenters. The van der Waals surface area contributed by atoms with Crippen molar-refractivity contribution in [3.8, 4) is 73.2 Å². The van der Waals surface area contributed by atoms with E-state index in [1.807, 2.05) is 36.4 Å². The Kier molecular flexibility index (Phi) is 8.42. The molecule has 9 aromatic carbocycles. The summed E-state index contributed by atoms with van der Waals surface area (Å²) >= 11 is 0. The lowest BCUT2D eigenvalue weighted by Crippen LogP contribution is -2.00. The van der Waals surface area contributed by atoms with Gasteiger partial charge in [-0.2, -0.15) is 0 Å². The Balaban J connectivity index is 0.928. The number of fused-ring (bicyclic) bond motifs is 6. The number of para-hydroxylation sites is 2. The van der Waals surface area contributed by atoms with E-state index in [4.69, 9.17) is 19.4 Å². The van der Waals surface area contributed by atoms with Crippen LogP contribution in [0, 0.1) is 0 Å². The predicted octanol–water partition coefficient (Wildman–Crippen LogP) is 14.9. The van der Waals surface area contributed by atoms with E-state index in [9.17, 15) is 0 Å². The number of nitrogens with zero attached hydrogens (tertiary/aromatic N) is 4. The van der Waals surface area contributed by atoms with Crippen LogP contribution in [0.3, 0.4) is 0 Å². The van der Waals surface area contributed by atoms with Crippen molar-refractivity contribution in [1.29, 1.82) is 0 Å². The van der Waals surface area contributed by atoms with Crippen molar-refractivity contribution in [3.05, 3.63) is 218 Å². The van der Waals surface area contributed by atoms with Crippen LogP contribution < -0.4 is 0 Å². The zero-order valence-electron chi connectivity index (χ0n) is 33.5. The second kappa shape index (κ2) is 14.7. The van der Waals surface area contributed by atoms with Crippen LogP contribution >= 0.6 is 0 Å². The highest BCUT2D eigenvalue weighted by molar-refractivity contribution is 6.11. The largest absolute Gasteiger partial charge is 0.456 e. The zero-order valence-corrected chi connectivity index (χ0v) is 33.5. The zero-order chi connectivity index (χ0) is 41.0. The van der Waals surface area contributed by atoms with E-state index in [0.717, 1.165) is 66.6 Å². The lowest BCUT2D eigenvalue weighted by Gasteiger charge is -2.12. The molecule has 0 aliphatic carbocycles. The molecule has 0 spiro atoms. The van der Waals surface area contributed by atoms with Gasteiger partial charge < -0.3 is 8.98 Å². The number of rotatable bonds is 7. The predicted molar refractivity (Wildman–Crippen MR) is 254 cm³/mol. The molecule has 5 nitrogen and oxygen atoms in total. The summed E-state index contributed by atoms with van der Waals surface area (Å²) in [4.78, 5) is 15.0. The van der Waals surface area contributed by atoms with E-state index in [-0.39, 0.29) is 0 Å². The van der Waals surface area contributed by atoms with Gasteiger partial charge in [-0.05, 0) is 88.0 Å². The molecular weight excluding hydrogens is 757 g/mol. The molecule has 62 heavy (non-hydrogen) atoms. The second-order valence-electron chi connectivity index (χ2n) is 15.6. The molecule has 0 saturated heterocycles. The molecule has 0 N–H and O–H groups in total. The van der Waals surface area contributed by atoms with Crippen molar-refractivity contribution in [2.24, 2.45) is 0 Å². The first-order valence-electron chi connectivity index (χ1n) is 20.8. The van der Waals surface area contributed by atoms with Gasteiger partial charge in [-0.25, -0.2) is 15.0 Å². The maximum Gasteiger partial charge on any atom is 0.164 e. The Hall–Kier alpha value is -8.41. The molecule has 290 valence electrons. The molecule has 3 heterocycles. The number of furan rings is 1. The summed E-state index contributed by atoms with van der Waals surface area (Å²) in [7, 11) is 0. The summed E-state index contributed by atoms with van der Waals surface area (Å²) in [6.07, 6.45) is 0. The summed E-state index contributed by atoms with van der Waals surface area (Å²) in [5.41, 5.74) is 14.8. The number of hydrogen-bond acceptors (Lipinski definition) is 4. The minimum absolute atomic E-state index is 0.585. The Morgan fingerprint density at radius 1 is 0.290 bits per heavy atom. The van der Waals surface area contributed by atoms with Crippen LogP contribution in [0.5, 0.6) is 0 Å². The molecule has 5 heteroatoms. The molecule has 0 aliphatic heterocycles. The summed E-state index contributed by atoms with van der Waals surface area (Å²) in [5.74, 6) is 1.82. The molecular formula is C57H36N4O. The fraction of sp³-hybridized carbons (Fsp3) is 0. The Labute approximate surface area is 357 Å². The van der Waals surface area contributed by atoms with Gasteiger partial charge in [0.05, 0.1) is 11.0 Å². The first-order valence-corrected chi connectivity index (χ1v) is 20.8. The molecule has 12 aromatic rings. The Morgan fingerprint density at radius 2 is 0.774 bits per heavy atom. The molecule has 0 amide bonds. The molecule has 0 atom stereocenters. The summed E-state index contributed by atoms with van der Waals surface area (Å²) in [6.45, 7) is 0.